The fourth-order valence-corrected chi connectivity index (χ4v) is 6.08. The van der Waals surface area contributed by atoms with E-state index in [-0.39, 0.29) is 35.2 Å². The number of phenolic OH excluding ortho intramolecular Hbond substituents is 1. The number of aliphatic hydroxyl groups excluding tert-OH is 2. The van der Waals surface area contributed by atoms with Crippen LogP contribution in [0.15, 0.2) is 53.3 Å². The van der Waals surface area contributed by atoms with Gasteiger partial charge in [0.1, 0.15) is 17.1 Å². The molecule has 0 aromatic heterocycles. The highest BCUT2D eigenvalue weighted by molar-refractivity contribution is 6.23. The zero-order chi connectivity index (χ0) is 30.7. The number of carbonyl (C=O) groups is 5. The number of nitrogens with two attached hydrogens (primary N) is 1. The quantitative estimate of drug-likeness (QED) is 0.205. The average molecular weight is 577 g/mol. The van der Waals surface area contributed by atoms with Gasteiger partial charge < -0.3 is 36.4 Å². The molecule has 1 saturated carbocycles. The highest BCUT2D eigenvalue weighted by Crippen LogP contribution is 2.54. The van der Waals surface area contributed by atoms with Gasteiger partial charge in [-0.25, -0.2) is 4.79 Å². The topological polar surface area (TPSA) is 220 Å². The molecule has 0 heterocycles. The lowest BCUT2D eigenvalue weighted by Crippen LogP contribution is -2.58. The Labute approximate surface area is 238 Å². The molecule has 1 unspecified atom stereocenters. The van der Waals surface area contributed by atoms with Crippen LogP contribution in [-0.4, -0.2) is 69.5 Å². The minimum atomic E-state index is -2.69. The van der Waals surface area contributed by atoms with E-state index in [1.54, 1.807) is 37.2 Å². The predicted octanol–water partition coefficient (Wildman–Crippen LogP) is 1.45. The molecular weight excluding hydrogens is 548 g/mol. The first-order chi connectivity index (χ1) is 19.8. The van der Waals surface area contributed by atoms with Crippen LogP contribution in [0.5, 0.6) is 5.75 Å². The number of rotatable bonds is 4. The predicted molar refractivity (Wildman–Crippen MR) is 149 cm³/mol. The maximum atomic E-state index is 13.7. The van der Waals surface area contributed by atoms with Crippen LogP contribution in [0.4, 0.5) is 16.2 Å². The highest BCUT2D eigenvalue weighted by Gasteiger charge is 2.60. The number of urea groups is 1. The number of imide groups is 1. The van der Waals surface area contributed by atoms with Crippen molar-refractivity contribution in [1.82, 2.24) is 5.32 Å². The van der Waals surface area contributed by atoms with E-state index in [4.69, 9.17) is 5.73 Å². The number of benzene rings is 2. The molecule has 13 heteroatoms. The van der Waals surface area contributed by atoms with Crippen LogP contribution in [0.1, 0.15) is 34.3 Å². The lowest BCUT2D eigenvalue weighted by Gasteiger charge is -2.46. The Balaban J connectivity index is 1.58. The first-order valence-electron chi connectivity index (χ1n) is 13.0. The maximum Gasteiger partial charge on any atom is 0.326 e. The molecule has 5 rings (SSSR count). The third-order valence-corrected chi connectivity index (χ3v) is 8.03. The van der Waals surface area contributed by atoms with Crippen LogP contribution in [0.25, 0.3) is 5.76 Å². The summed E-state index contributed by atoms with van der Waals surface area (Å²) in [7, 11) is 3.37. The number of hydrogen-bond donors (Lipinski definition) is 7. The smallest absolute Gasteiger partial charge is 0.326 e. The van der Waals surface area contributed by atoms with Gasteiger partial charge in [-0.1, -0.05) is 18.2 Å². The minimum Gasteiger partial charge on any atom is -0.508 e. The van der Waals surface area contributed by atoms with Crippen LogP contribution in [0.3, 0.4) is 0 Å². The summed E-state index contributed by atoms with van der Waals surface area (Å²) >= 11 is 0. The van der Waals surface area contributed by atoms with Crippen molar-refractivity contribution in [3.63, 3.8) is 0 Å². The van der Waals surface area contributed by atoms with Gasteiger partial charge in [0.2, 0.25) is 5.78 Å². The van der Waals surface area contributed by atoms with Gasteiger partial charge in [0.15, 0.2) is 17.1 Å². The second kappa shape index (κ2) is 10.0. The molecule has 0 radical (unpaired) electrons. The number of ketones is 2. The summed E-state index contributed by atoms with van der Waals surface area (Å²) in [6.07, 6.45) is -0.345. The van der Waals surface area contributed by atoms with Gasteiger partial charge >= 0.3 is 6.03 Å². The van der Waals surface area contributed by atoms with Crippen molar-refractivity contribution in [3.05, 3.63) is 70.0 Å². The standard InChI is InChI=1S/C29H28N4O9/c1-33(2)17-11-16(31-28(41)32-27(40)12-6-4-3-5-7-12)22(35)20-15(17)9-13-8-14-10-18(34)21(26(30)39)25(38)29(14,42)24(37)19(13)23(20)36/h3-7,11,13-14,35-36,38,42H,8-10H2,1-2H3,(H2,30,39)(H2,31,32,40,41)/t13?,14-,29-/m0/s1. The number of hydrogen-bond acceptors (Lipinski definition) is 10. The van der Waals surface area contributed by atoms with Crippen molar-refractivity contribution in [2.75, 3.05) is 24.3 Å². The zero-order valence-corrected chi connectivity index (χ0v) is 22.6. The number of carbonyl (C=O) groups excluding carboxylic acids is 5. The van der Waals surface area contributed by atoms with Crippen molar-refractivity contribution in [2.24, 2.45) is 17.6 Å². The van der Waals surface area contributed by atoms with Gasteiger partial charge in [-0.15, -0.1) is 0 Å². The van der Waals surface area contributed by atoms with E-state index in [1.165, 1.54) is 18.2 Å². The van der Waals surface area contributed by atoms with Gasteiger partial charge in [0.25, 0.3) is 11.8 Å². The van der Waals surface area contributed by atoms with Crippen molar-refractivity contribution >= 4 is 46.5 Å². The van der Waals surface area contributed by atoms with E-state index in [2.05, 4.69) is 10.6 Å². The molecule has 2 aromatic rings. The number of aromatic hydroxyl groups is 1. The van der Waals surface area contributed by atoms with Gasteiger partial charge in [0, 0.05) is 43.3 Å². The average Bonchev–Trinajstić information content (AvgIpc) is 2.92. The van der Waals surface area contributed by atoms with E-state index in [9.17, 15) is 44.4 Å². The number of nitrogens with one attached hydrogen (secondary N) is 2. The van der Waals surface area contributed by atoms with Gasteiger partial charge in [-0.2, -0.15) is 0 Å². The molecular formula is C29H28N4O9. The number of amides is 4. The number of nitrogens with zero attached hydrogens (tertiary/aromatic N) is 1. The Morgan fingerprint density at radius 2 is 1.71 bits per heavy atom. The number of phenols is 1. The van der Waals surface area contributed by atoms with Crippen molar-refractivity contribution < 1.29 is 44.4 Å². The summed E-state index contributed by atoms with van der Waals surface area (Å²) in [6, 6.07) is 8.42. The number of anilines is 2. The van der Waals surface area contributed by atoms with Crippen LogP contribution in [-0.2, 0) is 20.8 Å². The first-order valence-corrected chi connectivity index (χ1v) is 13.0. The molecule has 3 aliphatic carbocycles. The van der Waals surface area contributed by atoms with E-state index in [0.29, 0.717) is 11.3 Å². The second-order valence-corrected chi connectivity index (χ2v) is 10.7. The molecule has 42 heavy (non-hydrogen) atoms. The van der Waals surface area contributed by atoms with E-state index in [0.717, 1.165) is 0 Å². The molecule has 3 aliphatic rings. The number of primary amides is 1. The van der Waals surface area contributed by atoms with E-state index in [1.807, 2.05) is 0 Å². The Morgan fingerprint density at radius 3 is 2.33 bits per heavy atom. The summed E-state index contributed by atoms with van der Waals surface area (Å²) in [5, 5.41) is 49.3. The second-order valence-electron chi connectivity index (χ2n) is 10.7. The van der Waals surface area contributed by atoms with E-state index < -0.39 is 76.1 Å². The van der Waals surface area contributed by atoms with Crippen molar-refractivity contribution in [2.45, 2.75) is 24.9 Å². The molecule has 218 valence electrons. The molecule has 0 aliphatic heterocycles. The SMILES string of the molecule is CN(C)c1cc(NC(=O)NC(=O)c2ccccc2)c(O)c2c1CC1C[C@H]3CC(=O)C(C(N)=O)=C(O)[C@@]3(O)C(=O)C1=C2O. The molecule has 1 fully saturated rings. The van der Waals surface area contributed by atoms with Gasteiger partial charge in [-0.05, 0) is 42.5 Å². The zero-order valence-electron chi connectivity index (χ0n) is 22.6. The van der Waals surface area contributed by atoms with Crippen LogP contribution >= 0.6 is 0 Å². The summed E-state index contributed by atoms with van der Waals surface area (Å²) in [5.41, 5.74) is 2.06. The minimum absolute atomic E-state index is 0.0133. The van der Waals surface area contributed by atoms with Crippen molar-refractivity contribution in [3.8, 4) is 5.75 Å². The highest BCUT2D eigenvalue weighted by atomic mass is 16.3. The van der Waals surface area contributed by atoms with Gasteiger partial charge in [0.05, 0.1) is 11.3 Å². The number of aliphatic hydroxyl groups is 3. The normalized spacial score (nSPS) is 23.0. The van der Waals surface area contributed by atoms with E-state index >= 15 is 0 Å². The molecule has 0 spiro atoms. The fourth-order valence-electron chi connectivity index (χ4n) is 6.08. The lowest BCUT2D eigenvalue weighted by molar-refractivity contribution is -0.147. The summed E-state index contributed by atoms with van der Waals surface area (Å²) in [4.78, 5) is 64.9. The third kappa shape index (κ3) is 4.25. The third-order valence-electron chi connectivity index (χ3n) is 8.03. The summed E-state index contributed by atoms with van der Waals surface area (Å²) < 4.78 is 0. The molecule has 2 aromatic carbocycles. The summed E-state index contributed by atoms with van der Waals surface area (Å²) in [5.74, 6) is -8.22. The molecule has 8 N–H and O–H groups in total. The van der Waals surface area contributed by atoms with Gasteiger partial charge in [-0.3, -0.25) is 24.5 Å². The summed E-state index contributed by atoms with van der Waals surface area (Å²) in [6.45, 7) is 0. The Hall–Kier alpha value is -5.17. The number of fused-ring (bicyclic) bond motifs is 3. The molecule has 3 atom stereocenters. The molecule has 0 bridgehead atoms. The molecule has 4 amide bonds. The molecule has 13 nitrogen and oxygen atoms in total. The first kappa shape index (κ1) is 28.4. The maximum absolute atomic E-state index is 13.7. The Kier molecular flexibility index (Phi) is 6.77. The van der Waals surface area contributed by atoms with Crippen LogP contribution < -0.4 is 21.3 Å². The lowest BCUT2D eigenvalue weighted by atomic mass is 9.59. The Morgan fingerprint density at radius 1 is 1.05 bits per heavy atom. The Bertz CT molecular complexity index is 1640. The largest absolute Gasteiger partial charge is 0.508 e. The van der Waals surface area contributed by atoms with Crippen LogP contribution in [0, 0.1) is 11.8 Å². The van der Waals surface area contributed by atoms with Crippen molar-refractivity contribution in [1.29, 1.82) is 0 Å². The van der Waals surface area contributed by atoms with Crippen LogP contribution in [0.2, 0.25) is 0 Å². The number of Topliss-reactive ketones (excluding diaryl/α,β-unsaturated/α-hetero) is 2. The fraction of sp³-hybridized carbons (Fsp3) is 0.276. The molecule has 0 saturated heterocycles. The monoisotopic (exact) mass is 576 g/mol.